The highest BCUT2D eigenvalue weighted by atomic mass is 35.5. The van der Waals surface area contributed by atoms with Crippen LogP contribution in [0.2, 0.25) is 0 Å². The first-order valence-electron chi connectivity index (χ1n) is 6.46. The molecule has 102 valence electrons. The number of amides is 1. The van der Waals surface area contributed by atoms with E-state index >= 15 is 0 Å². The number of hydrogen-bond acceptors (Lipinski definition) is 3. The Hall–Kier alpha value is -0.360. The Labute approximate surface area is 111 Å². The summed E-state index contributed by atoms with van der Waals surface area (Å²) in [5, 5.41) is 23.4. The molecule has 1 aliphatic heterocycles. The molecule has 3 fully saturated rings. The van der Waals surface area contributed by atoms with E-state index in [1.807, 2.05) is 0 Å². The molecule has 4 atom stereocenters. The van der Waals surface area contributed by atoms with E-state index in [0.29, 0.717) is 5.92 Å². The molecule has 1 spiro atoms. The fraction of sp³-hybridized carbons (Fsp3) is 0.917. The summed E-state index contributed by atoms with van der Waals surface area (Å²) < 4.78 is 0. The standard InChI is InChI=1S/C12H19ClN2O3/c1-11(2)8-3-4-12(11)7-15(17,18)14(9(12)5-8)10(16)6-13/h8-9,17H,3-7H2,1-2H3. The van der Waals surface area contributed by atoms with Gasteiger partial charge in [0, 0.05) is 0 Å². The van der Waals surface area contributed by atoms with Gasteiger partial charge in [-0.25, -0.2) is 0 Å². The van der Waals surface area contributed by atoms with Crippen molar-refractivity contribution in [1.29, 1.82) is 0 Å². The van der Waals surface area contributed by atoms with Crippen LogP contribution in [0.25, 0.3) is 0 Å². The van der Waals surface area contributed by atoms with E-state index in [0.717, 1.165) is 24.3 Å². The quantitative estimate of drug-likeness (QED) is 0.451. The molecule has 0 radical (unpaired) electrons. The lowest BCUT2D eigenvalue weighted by atomic mass is 9.68. The maximum absolute atomic E-state index is 12.3. The molecule has 3 aliphatic rings. The van der Waals surface area contributed by atoms with Crippen LogP contribution in [-0.4, -0.2) is 39.5 Å². The number of quaternary nitrogens is 1. The van der Waals surface area contributed by atoms with E-state index in [1.165, 1.54) is 0 Å². The summed E-state index contributed by atoms with van der Waals surface area (Å²) in [6, 6.07) is -0.153. The van der Waals surface area contributed by atoms with Gasteiger partial charge in [-0.3, -0.25) is 4.79 Å². The monoisotopic (exact) mass is 274 g/mol. The lowest BCUT2D eigenvalue weighted by Gasteiger charge is -2.38. The summed E-state index contributed by atoms with van der Waals surface area (Å²) in [7, 11) is 0. The zero-order valence-corrected chi connectivity index (χ0v) is 11.5. The van der Waals surface area contributed by atoms with Crippen LogP contribution >= 0.6 is 11.6 Å². The van der Waals surface area contributed by atoms with Crippen LogP contribution in [-0.2, 0) is 4.79 Å². The Morgan fingerprint density at radius 2 is 2.28 bits per heavy atom. The van der Waals surface area contributed by atoms with Crippen LogP contribution in [0.5, 0.6) is 0 Å². The molecule has 6 heteroatoms. The minimum atomic E-state index is -1.56. The van der Waals surface area contributed by atoms with Crippen molar-refractivity contribution in [3.05, 3.63) is 5.21 Å². The summed E-state index contributed by atoms with van der Waals surface area (Å²) >= 11 is 5.57. The van der Waals surface area contributed by atoms with Crippen LogP contribution < -0.4 is 0 Å². The van der Waals surface area contributed by atoms with Gasteiger partial charge in [0.15, 0.2) is 0 Å². The number of carbonyl (C=O) groups is 1. The van der Waals surface area contributed by atoms with Crippen molar-refractivity contribution in [1.82, 2.24) is 5.01 Å². The number of halogens is 1. The third kappa shape index (κ3) is 1.21. The zero-order valence-electron chi connectivity index (χ0n) is 10.7. The Morgan fingerprint density at radius 3 is 2.83 bits per heavy atom. The van der Waals surface area contributed by atoms with Crippen molar-refractivity contribution >= 4 is 17.5 Å². The summed E-state index contributed by atoms with van der Waals surface area (Å²) in [6.45, 7) is 4.42. The van der Waals surface area contributed by atoms with Gasteiger partial charge in [-0.15, -0.1) is 16.5 Å². The number of carbonyl (C=O) groups excluding carboxylic acids is 1. The Balaban J connectivity index is 2.05. The van der Waals surface area contributed by atoms with Gasteiger partial charge >= 0.3 is 0 Å². The second kappa shape index (κ2) is 3.39. The molecule has 2 aliphatic carbocycles. The Morgan fingerprint density at radius 1 is 1.61 bits per heavy atom. The lowest BCUT2D eigenvalue weighted by Crippen LogP contribution is -2.55. The number of fused-ring (bicyclic) bond motifs is 1. The van der Waals surface area contributed by atoms with Crippen LogP contribution in [0.4, 0.5) is 0 Å². The van der Waals surface area contributed by atoms with Gasteiger partial charge in [0.05, 0.1) is 11.5 Å². The molecule has 2 saturated carbocycles. The largest absolute Gasteiger partial charge is 0.572 e. The molecule has 1 saturated heterocycles. The van der Waals surface area contributed by atoms with E-state index < -0.39 is 10.8 Å². The first-order valence-corrected chi connectivity index (χ1v) is 7.00. The van der Waals surface area contributed by atoms with Crippen LogP contribution in [0, 0.1) is 22.0 Å². The van der Waals surface area contributed by atoms with Crippen molar-refractivity contribution in [3.8, 4) is 0 Å². The normalized spacial score (nSPS) is 48.6. The van der Waals surface area contributed by atoms with Gasteiger partial charge in [0.2, 0.25) is 0 Å². The van der Waals surface area contributed by atoms with Crippen LogP contribution in [0.15, 0.2) is 0 Å². The summed E-state index contributed by atoms with van der Waals surface area (Å²) in [4.78, 5) is 10.3. The molecular formula is C12H19ClN2O3. The van der Waals surface area contributed by atoms with Gasteiger partial charge in [0.1, 0.15) is 12.4 Å². The fourth-order valence-electron chi connectivity index (χ4n) is 4.82. The maximum atomic E-state index is 12.3. The number of alkyl halides is 1. The molecule has 5 nitrogen and oxygen atoms in total. The van der Waals surface area contributed by atoms with Gasteiger partial charge in [0.25, 0.3) is 5.91 Å². The predicted octanol–water partition coefficient (Wildman–Crippen LogP) is 1.88. The Kier molecular flexibility index (Phi) is 2.39. The SMILES string of the molecule is CC1(C)C2CCC13C[N+]([O-])(O)N(C(=O)CCl)C3C2. The van der Waals surface area contributed by atoms with Gasteiger partial charge in [-0.2, -0.15) is 10.2 Å². The van der Waals surface area contributed by atoms with E-state index in [1.54, 1.807) is 0 Å². The van der Waals surface area contributed by atoms with Crippen LogP contribution in [0.3, 0.4) is 0 Å². The van der Waals surface area contributed by atoms with Crippen molar-refractivity contribution < 1.29 is 14.9 Å². The third-order valence-electron chi connectivity index (χ3n) is 5.88. The van der Waals surface area contributed by atoms with Crippen LogP contribution in [0.1, 0.15) is 33.1 Å². The fourth-order valence-corrected chi connectivity index (χ4v) is 4.94. The van der Waals surface area contributed by atoms with Crippen molar-refractivity contribution in [2.24, 2.45) is 16.7 Å². The van der Waals surface area contributed by atoms with E-state index in [-0.39, 0.29) is 29.3 Å². The van der Waals surface area contributed by atoms with E-state index in [4.69, 9.17) is 11.6 Å². The first-order chi connectivity index (χ1) is 8.26. The third-order valence-corrected chi connectivity index (χ3v) is 6.11. The van der Waals surface area contributed by atoms with Crippen molar-refractivity contribution in [3.63, 3.8) is 0 Å². The van der Waals surface area contributed by atoms with Gasteiger partial charge in [-0.1, -0.05) is 13.8 Å². The number of hydrogen-bond donors (Lipinski definition) is 1. The highest BCUT2D eigenvalue weighted by Gasteiger charge is 2.74. The molecule has 18 heavy (non-hydrogen) atoms. The average molecular weight is 275 g/mol. The number of hydroxylamine groups is 2. The Bertz CT molecular complexity index is 412. The number of nitrogens with zero attached hydrogens (tertiary/aromatic N) is 2. The topological polar surface area (TPSA) is 63.6 Å². The molecule has 1 amide bonds. The van der Waals surface area contributed by atoms with Gasteiger partial charge in [-0.05, 0) is 30.6 Å². The first kappa shape index (κ1) is 12.7. The molecule has 1 heterocycles. The minimum Gasteiger partial charge on any atom is -0.572 e. The maximum Gasteiger partial charge on any atom is 0.286 e. The van der Waals surface area contributed by atoms with Crippen molar-refractivity contribution in [2.45, 2.75) is 39.2 Å². The molecule has 3 rings (SSSR count). The molecule has 1 N–H and O–H groups in total. The molecule has 0 aromatic heterocycles. The second-order valence-electron chi connectivity index (χ2n) is 6.56. The van der Waals surface area contributed by atoms with Gasteiger partial charge < -0.3 is 5.21 Å². The van der Waals surface area contributed by atoms with Crippen molar-refractivity contribution in [2.75, 3.05) is 12.4 Å². The second-order valence-corrected chi connectivity index (χ2v) is 6.83. The molecule has 0 aromatic carbocycles. The average Bonchev–Trinajstić information content (AvgIpc) is 2.74. The molecular weight excluding hydrogens is 256 g/mol. The summed E-state index contributed by atoms with van der Waals surface area (Å²) in [5.41, 5.74) is -0.231. The predicted molar refractivity (Wildman–Crippen MR) is 65.2 cm³/mol. The summed E-state index contributed by atoms with van der Waals surface area (Å²) in [6.07, 6.45) is 2.83. The van der Waals surface area contributed by atoms with E-state index in [9.17, 15) is 15.2 Å². The van der Waals surface area contributed by atoms with E-state index in [2.05, 4.69) is 13.8 Å². The summed E-state index contributed by atoms with van der Waals surface area (Å²) in [5.74, 6) is -0.173. The highest BCUT2D eigenvalue weighted by Crippen LogP contribution is 2.70. The molecule has 0 aromatic rings. The number of rotatable bonds is 1. The minimum absolute atomic E-state index is 0.00957. The molecule has 4 unspecified atom stereocenters. The molecule has 2 bridgehead atoms. The smallest absolute Gasteiger partial charge is 0.286 e. The zero-order chi connectivity index (χ0) is 13.3. The highest BCUT2D eigenvalue weighted by molar-refractivity contribution is 6.27. The lowest BCUT2D eigenvalue weighted by molar-refractivity contribution is -1.14.